The number of rotatable bonds is 5. The average molecular weight is 307 g/mol. The van der Waals surface area contributed by atoms with Crippen molar-refractivity contribution in [2.24, 2.45) is 5.41 Å². The monoisotopic (exact) mass is 307 g/mol. The Bertz CT molecular complexity index is 502. The summed E-state index contributed by atoms with van der Waals surface area (Å²) in [5, 5.41) is 7.35. The Balaban J connectivity index is 1.60. The van der Waals surface area contributed by atoms with Crippen molar-refractivity contribution in [1.82, 2.24) is 9.78 Å². The molecule has 6 nitrogen and oxygen atoms in total. The summed E-state index contributed by atoms with van der Waals surface area (Å²) in [4.78, 5) is 12.6. The minimum Gasteiger partial charge on any atom is -0.381 e. The number of carbonyl (C=O) groups is 1. The lowest BCUT2D eigenvalue weighted by Gasteiger charge is -2.34. The standard InChI is InChI=1S/C16H25N3O3/c1-2-16(5-8-21-9-6-16)15(20)18-13-10-17-19(11-13)12-14-4-3-7-22-14/h10-11,14H,2-9,12H2,1H3,(H,18,20). The first kappa shape index (κ1) is 15.5. The second kappa shape index (κ2) is 6.79. The SMILES string of the molecule is CCC1(C(=O)Nc2cnn(CC3CCCO3)c2)CCOCC1. The number of carbonyl (C=O) groups excluding carboxylic acids is 1. The lowest BCUT2D eigenvalue weighted by molar-refractivity contribution is -0.131. The van der Waals surface area contributed by atoms with Crippen LogP contribution in [0.5, 0.6) is 0 Å². The van der Waals surface area contributed by atoms with Gasteiger partial charge in [0.2, 0.25) is 5.91 Å². The van der Waals surface area contributed by atoms with Gasteiger partial charge in [-0.2, -0.15) is 5.10 Å². The first-order valence-corrected chi connectivity index (χ1v) is 8.25. The van der Waals surface area contributed by atoms with Crippen LogP contribution in [0.3, 0.4) is 0 Å². The van der Waals surface area contributed by atoms with E-state index in [2.05, 4.69) is 17.3 Å². The molecule has 3 heterocycles. The molecule has 2 aliphatic rings. The molecule has 0 radical (unpaired) electrons. The van der Waals surface area contributed by atoms with Crippen molar-refractivity contribution in [3.63, 3.8) is 0 Å². The summed E-state index contributed by atoms with van der Waals surface area (Å²) in [6.07, 6.45) is 8.49. The molecule has 1 unspecified atom stereocenters. The summed E-state index contributed by atoms with van der Waals surface area (Å²) in [5.41, 5.74) is 0.469. The third-order valence-corrected chi connectivity index (χ3v) is 4.91. The van der Waals surface area contributed by atoms with Crippen molar-refractivity contribution in [2.45, 2.75) is 51.7 Å². The van der Waals surface area contributed by atoms with Crippen LogP contribution >= 0.6 is 0 Å². The summed E-state index contributed by atoms with van der Waals surface area (Å²) in [6, 6.07) is 0. The summed E-state index contributed by atoms with van der Waals surface area (Å²) >= 11 is 0. The van der Waals surface area contributed by atoms with Gasteiger partial charge in [-0.05, 0) is 32.1 Å². The van der Waals surface area contributed by atoms with Crippen LogP contribution in [0, 0.1) is 5.41 Å². The van der Waals surface area contributed by atoms with Gasteiger partial charge in [-0.3, -0.25) is 9.48 Å². The second-order valence-electron chi connectivity index (χ2n) is 6.29. The highest BCUT2D eigenvalue weighted by molar-refractivity contribution is 5.95. The molecule has 0 aromatic carbocycles. The molecule has 2 fully saturated rings. The average Bonchev–Trinajstić information content (AvgIpc) is 3.20. The van der Waals surface area contributed by atoms with E-state index in [1.807, 2.05) is 10.9 Å². The number of nitrogens with zero attached hydrogens (tertiary/aromatic N) is 2. The lowest BCUT2D eigenvalue weighted by Crippen LogP contribution is -2.40. The molecule has 22 heavy (non-hydrogen) atoms. The van der Waals surface area contributed by atoms with E-state index in [0.717, 1.165) is 50.9 Å². The molecule has 1 N–H and O–H groups in total. The molecule has 2 aliphatic heterocycles. The number of hydrogen-bond acceptors (Lipinski definition) is 4. The number of nitrogens with one attached hydrogen (secondary N) is 1. The minimum atomic E-state index is -0.297. The molecule has 1 atom stereocenters. The smallest absolute Gasteiger partial charge is 0.230 e. The van der Waals surface area contributed by atoms with E-state index in [4.69, 9.17) is 9.47 Å². The van der Waals surface area contributed by atoms with Crippen molar-refractivity contribution < 1.29 is 14.3 Å². The quantitative estimate of drug-likeness (QED) is 0.906. The fraction of sp³-hybridized carbons (Fsp3) is 0.750. The lowest BCUT2D eigenvalue weighted by atomic mass is 9.77. The molecule has 122 valence electrons. The summed E-state index contributed by atoms with van der Waals surface area (Å²) in [6.45, 7) is 5.00. The van der Waals surface area contributed by atoms with Crippen LogP contribution in [0.15, 0.2) is 12.4 Å². The summed E-state index contributed by atoms with van der Waals surface area (Å²) in [5.74, 6) is 0.0926. The zero-order chi connectivity index (χ0) is 15.4. The van der Waals surface area contributed by atoms with Gasteiger partial charge < -0.3 is 14.8 Å². The zero-order valence-corrected chi connectivity index (χ0v) is 13.2. The van der Waals surface area contributed by atoms with Gasteiger partial charge in [0.15, 0.2) is 0 Å². The van der Waals surface area contributed by atoms with Gasteiger partial charge in [0.25, 0.3) is 0 Å². The number of anilines is 1. The van der Waals surface area contributed by atoms with Crippen LogP contribution < -0.4 is 5.32 Å². The van der Waals surface area contributed by atoms with E-state index in [-0.39, 0.29) is 17.4 Å². The van der Waals surface area contributed by atoms with Gasteiger partial charge in [-0.1, -0.05) is 6.92 Å². The maximum Gasteiger partial charge on any atom is 0.230 e. The third kappa shape index (κ3) is 3.33. The molecule has 0 aliphatic carbocycles. The highest BCUT2D eigenvalue weighted by Gasteiger charge is 2.38. The molecule has 2 saturated heterocycles. The fourth-order valence-electron chi connectivity index (χ4n) is 3.29. The van der Waals surface area contributed by atoms with Crippen LogP contribution in [0.1, 0.15) is 39.0 Å². The van der Waals surface area contributed by atoms with E-state index in [1.54, 1.807) is 6.20 Å². The molecule has 1 aromatic rings. The van der Waals surface area contributed by atoms with Crippen LogP contribution in [0.2, 0.25) is 0 Å². The van der Waals surface area contributed by atoms with Gasteiger partial charge in [0, 0.05) is 26.0 Å². The van der Waals surface area contributed by atoms with Crippen molar-refractivity contribution in [3.05, 3.63) is 12.4 Å². The molecular weight excluding hydrogens is 282 g/mol. The number of ether oxygens (including phenoxy) is 2. The summed E-state index contributed by atoms with van der Waals surface area (Å²) < 4.78 is 12.9. The molecule has 6 heteroatoms. The Morgan fingerprint density at radius 2 is 2.27 bits per heavy atom. The first-order chi connectivity index (χ1) is 10.7. The van der Waals surface area contributed by atoms with Gasteiger partial charge in [-0.15, -0.1) is 0 Å². The molecule has 0 saturated carbocycles. The van der Waals surface area contributed by atoms with E-state index in [1.165, 1.54) is 0 Å². The Labute approximate surface area is 131 Å². The number of hydrogen-bond donors (Lipinski definition) is 1. The molecule has 1 amide bonds. The highest BCUT2D eigenvalue weighted by atomic mass is 16.5. The molecule has 3 rings (SSSR count). The van der Waals surface area contributed by atoms with E-state index in [0.29, 0.717) is 13.2 Å². The second-order valence-corrected chi connectivity index (χ2v) is 6.29. The van der Waals surface area contributed by atoms with Crippen LogP contribution in [0.4, 0.5) is 5.69 Å². The van der Waals surface area contributed by atoms with Crippen LogP contribution in [-0.2, 0) is 20.8 Å². The summed E-state index contributed by atoms with van der Waals surface area (Å²) in [7, 11) is 0. The molecule has 1 aromatic heterocycles. The maximum absolute atomic E-state index is 12.6. The molecule has 0 bridgehead atoms. The maximum atomic E-state index is 12.6. The van der Waals surface area contributed by atoms with Crippen molar-refractivity contribution in [1.29, 1.82) is 0 Å². The highest BCUT2D eigenvalue weighted by Crippen LogP contribution is 2.35. The predicted molar refractivity (Wildman–Crippen MR) is 82.6 cm³/mol. The van der Waals surface area contributed by atoms with E-state index >= 15 is 0 Å². The Hall–Kier alpha value is -1.40. The molecule has 0 spiro atoms. The predicted octanol–water partition coefficient (Wildman–Crippen LogP) is 2.21. The van der Waals surface area contributed by atoms with Crippen LogP contribution in [-0.4, -0.2) is 41.6 Å². The Kier molecular flexibility index (Phi) is 4.78. The normalized spacial score (nSPS) is 24.3. The van der Waals surface area contributed by atoms with Gasteiger partial charge in [0.1, 0.15) is 0 Å². The van der Waals surface area contributed by atoms with E-state index in [9.17, 15) is 4.79 Å². The fourth-order valence-corrected chi connectivity index (χ4v) is 3.29. The Morgan fingerprint density at radius 3 is 2.95 bits per heavy atom. The molecular formula is C16H25N3O3. The minimum absolute atomic E-state index is 0.0926. The third-order valence-electron chi connectivity index (χ3n) is 4.91. The Morgan fingerprint density at radius 1 is 1.45 bits per heavy atom. The first-order valence-electron chi connectivity index (χ1n) is 8.25. The largest absolute Gasteiger partial charge is 0.381 e. The van der Waals surface area contributed by atoms with Gasteiger partial charge in [-0.25, -0.2) is 0 Å². The van der Waals surface area contributed by atoms with Gasteiger partial charge >= 0.3 is 0 Å². The number of aromatic nitrogens is 2. The number of amides is 1. The topological polar surface area (TPSA) is 65.4 Å². The zero-order valence-electron chi connectivity index (χ0n) is 13.2. The van der Waals surface area contributed by atoms with Gasteiger partial charge in [0.05, 0.1) is 29.9 Å². The van der Waals surface area contributed by atoms with Crippen molar-refractivity contribution in [2.75, 3.05) is 25.1 Å². The van der Waals surface area contributed by atoms with E-state index < -0.39 is 0 Å². The van der Waals surface area contributed by atoms with Crippen molar-refractivity contribution >= 4 is 11.6 Å². The van der Waals surface area contributed by atoms with Crippen molar-refractivity contribution in [3.8, 4) is 0 Å². The van der Waals surface area contributed by atoms with Crippen LogP contribution in [0.25, 0.3) is 0 Å².